The minimum Gasteiger partial charge on any atom is -0.374 e. The highest BCUT2D eigenvalue weighted by atomic mass is 19.4. The molecule has 0 radical (unpaired) electrons. The largest absolute Gasteiger partial charge is 0.435 e. The van der Waals surface area contributed by atoms with E-state index < -0.39 is 46.9 Å². The number of hydrogen-bond acceptors (Lipinski definition) is 4. The third-order valence-electron chi connectivity index (χ3n) is 6.46. The Labute approximate surface area is 204 Å². The number of oxime groups is 1. The van der Waals surface area contributed by atoms with Gasteiger partial charge in [-0.1, -0.05) is 29.4 Å². The monoisotopic (exact) mass is 526 g/mol. The summed E-state index contributed by atoms with van der Waals surface area (Å²) in [5, 5.41) is 7.41. The first kappa shape index (κ1) is 24.8. The van der Waals surface area contributed by atoms with Crippen LogP contribution in [0, 0.1) is 17.5 Å². The number of nitrogens with zero attached hydrogens (tertiary/aromatic N) is 4. The molecule has 2 aromatic carbocycles. The lowest BCUT2D eigenvalue weighted by molar-refractivity contribution is -0.276. The number of alkyl halides is 4. The molecular formula is C24H17F7N4O2. The van der Waals surface area contributed by atoms with E-state index in [1.165, 1.54) is 40.0 Å². The van der Waals surface area contributed by atoms with Crippen molar-refractivity contribution in [2.45, 2.75) is 30.4 Å². The van der Waals surface area contributed by atoms with Crippen molar-refractivity contribution in [1.29, 1.82) is 0 Å². The summed E-state index contributed by atoms with van der Waals surface area (Å²) in [6, 6.07) is 7.48. The average Bonchev–Trinajstić information content (AvgIpc) is 3.51. The van der Waals surface area contributed by atoms with Crippen LogP contribution in [0.15, 0.2) is 60.0 Å². The van der Waals surface area contributed by atoms with Crippen molar-refractivity contribution in [3.63, 3.8) is 0 Å². The van der Waals surface area contributed by atoms with Crippen molar-refractivity contribution >= 4 is 11.6 Å². The van der Waals surface area contributed by atoms with E-state index in [2.05, 4.69) is 10.3 Å². The Morgan fingerprint density at radius 1 is 1.03 bits per heavy atom. The van der Waals surface area contributed by atoms with Crippen molar-refractivity contribution < 1.29 is 40.4 Å². The van der Waals surface area contributed by atoms with Crippen LogP contribution in [-0.2, 0) is 27.4 Å². The molecule has 1 unspecified atom stereocenters. The number of likely N-dealkylation sites (tertiary alicyclic amines) is 1. The molecule has 5 rings (SSSR count). The third kappa shape index (κ3) is 4.21. The SMILES string of the molecule is O=C(Cn1cccn1)N1CC(F)(c2ccc(C3=NOC(c4cc(F)c(F)c(F)c4)(C(F)(F)F)C3)cc2)C1. The topological polar surface area (TPSA) is 59.7 Å². The summed E-state index contributed by atoms with van der Waals surface area (Å²) < 4.78 is 99.5. The first-order valence-corrected chi connectivity index (χ1v) is 10.9. The minimum absolute atomic E-state index is 0.0371. The molecule has 3 aromatic rings. The maximum Gasteiger partial charge on any atom is 0.435 e. The van der Waals surface area contributed by atoms with Crippen LogP contribution in [-0.4, -0.2) is 45.6 Å². The zero-order valence-electron chi connectivity index (χ0n) is 18.8. The smallest absolute Gasteiger partial charge is 0.374 e. The molecule has 1 amide bonds. The van der Waals surface area contributed by atoms with Crippen LogP contribution >= 0.6 is 0 Å². The van der Waals surface area contributed by atoms with Crippen LogP contribution in [0.2, 0.25) is 0 Å². The van der Waals surface area contributed by atoms with E-state index in [0.717, 1.165) is 0 Å². The van der Waals surface area contributed by atoms with Gasteiger partial charge < -0.3 is 9.74 Å². The van der Waals surface area contributed by atoms with Gasteiger partial charge in [-0.25, -0.2) is 17.6 Å². The van der Waals surface area contributed by atoms with Gasteiger partial charge in [0.1, 0.15) is 6.54 Å². The van der Waals surface area contributed by atoms with Crippen LogP contribution in [0.1, 0.15) is 23.1 Å². The lowest BCUT2D eigenvalue weighted by Gasteiger charge is -2.44. The maximum atomic E-state index is 15.3. The number of aromatic nitrogens is 2. The molecule has 6 nitrogen and oxygen atoms in total. The molecule has 194 valence electrons. The van der Waals surface area contributed by atoms with Gasteiger partial charge in [0.25, 0.3) is 5.60 Å². The molecule has 1 atom stereocenters. The average molecular weight is 526 g/mol. The maximum absolute atomic E-state index is 15.3. The Bertz CT molecular complexity index is 1340. The number of amides is 1. The molecule has 1 aromatic heterocycles. The van der Waals surface area contributed by atoms with Gasteiger partial charge in [0.15, 0.2) is 23.1 Å². The first-order valence-electron chi connectivity index (χ1n) is 10.9. The molecule has 13 heteroatoms. The molecule has 1 fully saturated rings. The second kappa shape index (κ2) is 8.60. The molecule has 2 aliphatic heterocycles. The number of halogens is 7. The van der Waals surface area contributed by atoms with E-state index in [1.54, 1.807) is 12.3 Å². The van der Waals surface area contributed by atoms with E-state index in [9.17, 15) is 31.1 Å². The van der Waals surface area contributed by atoms with Crippen LogP contribution in [0.25, 0.3) is 0 Å². The molecule has 0 N–H and O–H groups in total. The van der Waals surface area contributed by atoms with Crippen LogP contribution in [0.4, 0.5) is 30.7 Å². The minimum atomic E-state index is -5.16. The van der Waals surface area contributed by atoms with Crippen molar-refractivity contribution in [2.24, 2.45) is 5.16 Å². The van der Waals surface area contributed by atoms with Crippen LogP contribution in [0.3, 0.4) is 0 Å². The number of benzene rings is 2. The summed E-state index contributed by atoms with van der Waals surface area (Å²) in [7, 11) is 0. The molecule has 37 heavy (non-hydrogen) atoms. The van der Waals surface area contributed by atoms with Gasteiger partial charge in [-0.3, -0.25) is 9.48 Å². The third-order valence-corrected chi connectivity index (χ3v) is 6.46. The number of rotatable bonds is 5. The van der Waals surface area contributed by atoms with Gasteiger partial charge in [-0.05, 0) is 29.3 Å². The van der Waals surface area contributed by atoms with E-state index in [1.807, 2.05) is 0 Å². The van der Waals surface area contributed by atoms with Gasteiger partial charge in [0.2, 0.25) is 5.91 Å². The van der Waals surface area contributed by atoms with Crippen molar-refractivity contribution in [3.8, 4) is 0 Å². The normalized spacial score (nSPS) is 20.8. The first-order chi connectivity index (χ1) is 17.4. The molecule has 0 spiro atoms. The summed E-state index contributed by atoms with van der Waals surface area (Å²) in [6.45, 7) is -0.435. The van der Waals surface area contributed by atoms with Crippen LogP contribution in [0.5, 0.6) is 0 Å². The molecule has 2 aliphatic rings. The Morgan fingerprint density at radius 2 is 1.68 bits per heavy atom. The fourth-order valence-electron chi connectivity index (χ4n) is 4.36. The standard InChI is InChI=1S/C24H17F7N4O2/c25-17-8-16(9-18(26)21(17)27)23(24(29,30)31)10-19(33-37-23)14-2-4-15(5-3-14)22(28)12-34(13-22)20(36)11-35-7-1-6-32-35/h1-9H,10-13H2. The second-order valence-electron chi connectivity index (χ2n) is 8.88. The van der Waals surface area contributed by atoms with E-state index in [4.69, 9.17) is 4.84 Å². The highest BCUT2D eigenvalue weighted by Gasteiger charge is 2.62. The Kier molecular flexibility index (Phi) is 5.76. The highest BCUT2D eigenvalue weighted by molar-refractivity contribution is 6.01. The predicted octanol–water partition coefficient (Wildman–Crippen LogP) is 4.59. The van der Waals surface area contributed by atoms with E-state index in [0.29, 0.717) is 0 Å². The molecule has 1 saturated heterocycles. The van der Waals surface area contributed by atoms with Gasteiger partial charge in [0, 0.05) is 24.4 Å². The number of hydrogen-bond donors (Lipinski definition) is 0. The van der Waals surface area contributed by atoms with Crippen LogP contribution < -0.4 is 0 Å². The Morgan fingerprint density at radius 3 is 2.24 bits per heavy atom. The number of carbonyl (C=O) groups excluding carboxylic acids is 1. The molecule has 3 heterocycles. The van der Waals surface area contributed by atoms with Crippen molar-refractivity contribution in [2.75, 3.05) is 13.1 Å². The zero-order valence-corrected chi connectivity index (χ0v) is 18.8. The van der Waals surface area contributed by atoms with Gasteiger partial charge in [-0.2, -0.15) is 18.3 Å². The number of carbonyl (C=O) groups is 1. The van der Waals surface area contributed by atoms with Gasteiger partial charge in [-0.15, -0.1) is 0 Å². The van der Waals surface area contributed by atoms with Gasteiger partial charge >= 0.3 is 6.18 Å². The predicted molar refractivity (Wildman–Crippen MR) is 114 cm³/mol. The zero-order chi connectivity index (χ0) is 26.6. The van der Waals surface area contributed by atoms with Crippen molar-refractivity contribution in [1.82, 2.24) is 14.7 Å². The fourth-order valence-corrected chi connectivity index (χ4v) is 4.36. The second-order valence-corrected chi connectivity index (χ2v) is 8.88. The Balaban J connectivity index is 1.31. The lowest BCUT2D eigenvalue weighted by Crippen LogP contribution is -2.59. The fraction of sp³-hybridized carbons (Fsp3) is 0.292. The highest BCUT2D eigenvalue weighted by Crippen LogP contribution is 2.49. The molecular weight excluding hydrogens is 509 g/mol. The summed E-state index contributed by atoms with van der Waals surface area (Å²) >= 11 is 0. The van der Waals surface area contributed by atoms with Gasteiger partial charge in [0.05, 0.1) is 18.8 Å². The lowest BCUT2D eigenvalue weighted by atomic mass is 9.84. The summed E-state index contributed by atoms with van der Waals surface area (Å²) in [6.07, 6.45) is -2.99. The summed E-state index contributed by atoms with van der Waals surface area (Å²) in [4.78, 5) is 18.3. The van der Waals surface area contributed by atoms with E-state index in [-0.39, 0.29) is 54.5 Å². The summed E-state index contributed by atoms with van der Waals surface area (Å²) in [5.74, 6) is -5.83. The summed E-state index contributed by atoms with van der Waals surface area (Å²) in [5.41, 5.74) is -5.89. The van der Waals surface area contributed by atoms with Crippen molar-refractivity contribution in [3.05, 3.63) is 89.0 Å². The molecule has 0 saturated carbocycles. The molecule has 0 aliphatic carbocycles. The molecule has 0 bridgehead atoms. The van der Waals surface area contributed by atoms with E-state index >= 15 is 4.39 Å². The quantitative estimate of drug-likeness (QED) is 0.361. The Hall–Kier alpha value is -3.90.